The molecule has 6 N–H and O–H groups in total. The van der Waals surface area contributed by atoms with Gasteiger partial charge in [-0.05, 0) is 71.6 Å². The van der Waals surface area contributed by atoms with Crippen LogP contribution in [0.15, 0.2) is 89.3 Å². The molecule has 212 valence electrons. The van der Waals surface area contributed by atoms with E-state index in [1.165, 1.54) is 12.1 Å². The molecule has 0 aliphatic carbocycles. The van der Waals surface area contributed by atoms with Crippen LogP contribution in [0.2, 0.25) is 0 Å². The smallest absolute Gasteiger partial charge is 0.265 e. The van der Waals surface area contributed by atoms with Crippen LogP contribution in [0.25, 0.3) is 55.6 Å². The first kappa shape index (κ1) is 27.4. The molecule has 0 radical (unpaired) electrons. The number of thiol groups is 1. The summed E-state index contributed by atoms with van der Waals surface area (Å²) < 4.78 is 22.1. The van der Waals surface area contributed by atoms with Crippen molar-refractivity contribution in [3.63, 3.8) is 0 Å². The monoisotopic (exact) mass is 579 g/mol. The van der Waals surface area contributed by atoms with Crippen LogP contribution in [0.1, 0.15) is 24.2 Å². The summed E-state index contributed by atoms with van der Waals surface area (Å²) in [6.07, 6.45) is 0. The van der Waals surface area contributed by atoms with Gasteiger partial charge in [0.2, 0.25) is 0 Å². The van der Waals surface area contributed by atoms with Gasteiger partial charge in [-0.25, -0.2) is 4.39 Å². The number of hydrogen-bond donors (Lipinski definition) is 6. The van der Waals surface area contributed by atoms with Crippen LogP contribution in [-0.2, 0) is 0 Å². The Morgan fingerprint density at radius 3 is 2.40 bits per heavy atom. The van der Waals surface area contributed by atoms with Crippen LogP contribution >= 0.6 is 12.8 Å². The lowest BCUT2D eigenvalue weighted by atomic mass is 9.97. The van der Waals surface area contributed by atoms with Crippen LogP contribution in [0.3, 0.4) is 0 Å². The van der Waals surface area contributed by atoms with E-state index in [4.69, 9.17) is 10.3 Å². The van der Waals surface area contributed by atoms with E-state index in [1.54, 1.807) is 12.1 Å². The van der Waals surface area contributed by atoms with Gasteiger partial charge in [0, 0.05) is 34.0 Å². The second-order valence-corrected chi connectivity index (χ2v) is 10.8. The first-order chi connectivity index (χ1) is 20.4. The molecule has 1 amide bonds. The van der Waals surface area contributed by atoms with Crippen molar-refractivity contribution in [1.82, 2.24) is 9.71 Å². The number of nitrogens with two attached hydrogens (primary N) is 1. The van der Waals surface area contributed by atoms with Crippen molar-refractivity contribution in [1.29, 1.82) is 0 Å². The fourth-order valence-corrected chi connectivity index (χ4v) is 5.37. The molecule has 0 fully saturated rings. The highest BCUT2D eigenvalue weighted by atomic mass is 32.1. The third kappa shape index (κ3) is 4.97. The topological polar surface area (TPSA) is 108 Å². The molecule has 0 unspecified atom stereocenters. The average molecular weight is 580 g/mol. The summed E-state index contributed by atoms with van der Waals surface area (Å²) in [6, 6.07) is 25.7. The van der Waals surface area contributed by atoms with Crippen molar-refractivity contribution < 1.29 is 13.6 Å². The van der Waals surface area contributed by atoms with E-state index < -0.39 is 5.91 Å². The molecule has 0 atom stereocenters. The Hall–Kier alpha value is -4.73. The number of rotatable bonds is 8. The van der Waals surface area contributed by atoms with Crippen LogP contribution in [0, 0.1) is 11.7 Å². The molecule has 9 heteroatoms. The minimum atomic E-state index is -0.420. The van der Waals surface area contributed by atoms with Crippen LogP contribution in [0.4, 0.5) is 15.8 Å². The summed E-state index contributed by atoms with van der Waals surface area (Å²) in [5.74, 6) is 5.98. The normalized spacial score (nSPS) is 11.4. The number of amides is 1. The van der Waals surface area contributed by atoms with Gasteiger partial charge >= 0.3 is 0 Å². The van der Waals surface area contributed by atoms with E-state index in [1.807, 2.05) is 42.5 Å². The number of nitrogens with one attached hydrogen (secondary N) is 4. The molecule has 0 aliphatic rings. The largest absolute Gasteiger partial charge is 0.455 e. The fraction of sp³-hybridized carbons (Fsp3) is 0.121. The second kappa shape index (κ2) is 11.3. The van der Waals surface area contributed by atoms with Crippen molar-refractivity contribution in [3.8, 4) is 33.7 Å². The lowest BCUT2D eigenvalue weighted by molar-refractivity contribution is 0.0986. The molecule has 0 aliphatic heterocycles. The highest BCUT2D eigenvalue weighted by Gasteiger charge is 2.23. The standard InChI is InChI=1S/C33H30FN5O2S/c1-18(2)17-36-30-23-5-3-4-6-26(23)37-31(30)24-15-20(9-13-27(24)38-35)21-10-14-28-25(16-21)29(33(40)39-42)32(41-28)19-7-11-22(34)12-8-19/h3-16,18,36-38,42H,17,35H2,1-2H3,(H,39,40). The minimum absolute atomic E-state index is 0.324. The Morgan fingerprint density at radius 1 is 0.952 bits per heavy atom. The number of nitrogen functional groups attached to an aromatic ring is 1. The number of anilines is 2. The summed E-state index contributed by atoms with van der Waals surface area (Å²) in [4.78, 5) is 16.6. The van der Waals surface area contributed by atoms with E-state index >= 15 is 0 Å². The summed E-state index contributed by atoms with van der Waals surface area (Å²) in [5, 5.41) is 5.34. The number of halogens is 1. The SMILES string of the molecule is CC(C)CNc1c(-c2cc(-c3ccc4oc(-c5ccc(F)cc5)c(C(=O)NS)c4c3)ccc2NN)[nH]c2ccccc12. The van der Waals surface area contributed by atoms with E-state index in [9.17, 15) is 9.18 Å². The van der Waals surface area contributed by atoms with Gasteiger partial charge in [-0.1, -0.05) is 57.0 Å². The number of furan rings is 1. The van der Waals surface area contributed by atoms with E-state index in [2.05, 4.69) is 65.3 Å². The molecule has 0 spiro atoms. The number of aromatic amines is 1. The maximum absolute atomic E-state index is 13.6. The van der Waals surface area contributed by atoms with Crippen molar-refractivity contribution >= 4 is 52.0 Å². The predicted molar refractivity (Wildman–Crippen MR) is 172 cm³/mol. The van der Waals surface area contributed by atoms with E-state index in [0.29, 0.717) is 33.8 Å². The van der Waals surface area contributed by atoms with E-state index in [0.717, 1.165) is 51.2 Å². The number of hydrazine groups is 1. The molecule has 7 nitrogen and oxygen atoms in total. The fourth-order valence-electron chi connectivity index (χ4n) is 5.25. The number of carbonyl (C=O) groups is 1. The van der Waals surface area contributed by atoms with Gasteiger partial charge in [-0.15, -0.1) is 0 Å². The number of benzene rings is 4. The first-order valence-corrected chi connectivity index (χ1v) is 14.1. The molecular formula is C33H30FN5O2S. The van der Waals surface area contributed by atoms with Crippen LogP contribution in [-0.4, -0.2) is 17.4 Å². The molecular weight excluding hydrogens is 549 g/mol. The molecule has 2 aromatic heterocycles. The second-order valence-electron chi connectivity index (χ2n) is 10.6. The number of para-hydroxylation sites is 1. The number of fused-ring (bicyclic) bond motifs is 2. The molecule has 42 heavy (non-hydrogen) atoms. The Labute approximate surface area is 247 Å². The Bertz CT molecular complexity index is 1930. The van der Waals surface area contributed by atoms with Gasteiger partial charge in [-0.3, -0.25) is 15.4 Å². The Kier molecular flexibility index (Phi) is 7.36. The van der Waals surface area contributed by atoms with Gasteiger partial charge in [0.15, 0.2) is 0 Å². The Morgan fingerprint density at radius 2 is 1.67 bits per heavy atom. The molecule has 0 bridgehead atoms. The van der Waals surface area contributed by atoms with Gasteiger partial charge in [-0.2, -0.15) is 0 Å². The third-order valence-corrected chi connectivity index (χ3v) is 7.50. The molecule has 2 heterocycles. The van der Waals surface area contributed by atoms with Crippen LogP contribution in [0.5, 0.6) is 0 Å². The predicted octanol–water partition coefficient (Wildman–Crippen LogP) is 7.98. The minimum Gasteiger partial charge on any atom is -0.455 e. The van der Waals surface area contributed by atoms with Gasteiger partial charge in [0.25, 0.3) is 5.91 Å². The van der Waals surface area contributed by atoms with Crippen molar-refractivity contribution in [3.05, 3.63) is 96.3 Å². The molecule has 6 aromatic rings. The lowest BCUT2D eigenvalue weighted by Gasteiger charge is -2.15. The Balaban J connectivity index is 1.51. The summed E-state index contributed by atoms with van der Waals surface area (Å²) in [5.41, 5.74) is 10.7. The van der Waals surface area contributed by atoms with Gasteiger partial charge < -0.3 is 20.1 Å². The zero-order valence-corrected chi connectivity index (χ0v) is 24.0. The number of aromatic nitrogens is 1. The summed E-state index contributed by atoms with van der Waals surface area (Å²) in [7, 11) is 0. The number of H-pyrrole nitrogens is 1. The highest BCUT2D eigenvalue weighted by Crippen LogP contribution is 2.41. The summed E-state index contributed by atoms with van der Waals surface area (Å²) in [6.45, 7) is 5.15. The molecule has 0 saturated carbocycles. The average Bonchev–Trinajstić information content (AvgIpc) is 3.58. The maximum atomic E-state index is 13.6. The maximum Gasteiger partial charge on any atom is 0.265 e. The summed E-state index contributed by atoms with van der Waals surface area (Å²) >= 11 is 4.01. The van der Waals surface area contributed by atoms with Crippen molar-refractivity contribution in [2.45, 2.75) is 13.8 Å². The van der Waals surface area contributed by atoms with Gasteiger partial charge in [0.05, 0.1) is 22.6 Å². The third-order valence-electron chi connectivity index (χ3n) is 7.29. The molecule has 6 rings (SSSR count). The van der Waals surface area contributed by atoms with E-state index in [-0.39, 0.29) is 5.82 Å². The van der Waals surface area contributed by atoms with Crippen LogP contribution < -0.4 is 21.3 Å². The molecule has 4 aromatic carbocycles. The number of carbonyl (C=O) groups excluding carboxylic acids is 1. The molecule has 0 saturated heterocycles. The zero-order valence-electron chi connectivity index (χ0n) is 23.1. The van der Waals surface area contributed by atoms with Crippen molar-refractivity contribution in [2.24, 2.45) is 11.8 Å². The highest BCUT2D eigenvalue weighted by molar-refractivity contribution is 7.78. The van der Waals surface area contributed by atoms with Crippen molar-refractivity contribution in [2.75, 3.05) is 17.3 Å². The number of hydrogen-bond acceptors (Lipinski definition) is 6. The zero-order chi connectivity index (χ0) is 29.4. The van der Waals surface area contributed by atoms with Gasteiger partial charge in [0.1, 0.15) is 17.2 Å². The lowest BCUT2D eigenvalue weighted by Crippen LogP contribution is -2.13. The quantitative estimate of drug-likeness (QED) is 0.0623. The first-order valence-electron chi connectivity index (χ1n) is 13.6.